The molecule has 0 spiro atoms. The second-order valence-corrected chi connectivity index (χ2v) is 5.93. The van der Waals surface area contributed by atoms with Crippen LogP contribution in [0.15, 0.2) is 46.7 Å². The summed E-state index contributed by atoms with van der Waals surface area (Å²) >= 11 is 3.07. The van der Waals surface area contributed by atoms with Crippen LogP contribution >= 0.6 is 23.1 Å². The van der Waals surface area contributed by atoms with Crippen LogP contribution in [0.4, 0.5) is 4.39 Å². The zero-order chi connectivity index (χ0) is 12.8. The summed E-state index contributed by atoms with van der Waals surface area (Å²) in [4.78, 5) is 13.5. The zero-order valence-electron chi connectivity index (χ0n) is 9.77. The van der Waals surface area contributed by atoms with E-state index in [4.69, 9.17) is 0 Å². The highest BCUT2D eigenvalue weighted by Gasteiger charge is 2.06. The Labute approximate surface area is 114 Å². The first-order valence-corrected chi connectivity index (χ1v) is 7.57. The summed E-state index contributed by atoms with van der Waals surface area (Å²) in [6.45, 7) is 0. The molecule has 0 aliphatic heterocycles. The van der Waals surface area contributed by atoms with E-state index in [2.05, 4.69) is 0 Å². The first-order valence-electron chi connectivity index (χ1n) is 5.71. The van der Waals surface area contributed by atoms with Crippen LogP contribution in [0.5, 0.6) is 0 Å². The lowest BCUT2D eigenvalue weighted by Crippen LogP contribution is -1.96. The van der Waals surface area contributed by atoms with Crippen LogP contribution < -0.4 is 0 Å². The van der Waals surface area contributed by atoms with Gasteiger partial charge in [0.1, 0.15) is 5.82 Å². The Morgan fingerprint density at radius 2 is 2.17 bits per heavy atom. The van der Waals surface area contributed by atoms with Gasteiger partial charge in [0.15, 0.2) is 5.78 Å². The van der Waals surface area contributed by atoms with Gasteiger partial charge in [-0.15, -0.1) is 23.1 Å². The average Bonchev–Trinajstić information content (AvgIpc) is 2.88. The van der Waals surface area contributed by atoms with E-state index in [1.165, 1.54) is 23.5 Å². The molecular weight excluding hydrogens is 267 g/mol. The molecule has 0 radical (unpaired) electrons. The van der Waals surface area contributed by atoms with Gasteiger partial charge in [0.2, 0.25) is 0 Å². The van der Waals surface area contributed by atoms with Crippen LogP contribution in [0.1, 0.15) is 22.5 Å². The molecule has 0 atom stereocenters. The number of Topliss-reactive ketones (excluding diaryl/α,β-unsaturated/α-hetero) is 1. The fraction of sp³-hybridized carbons (Fsp3) is 0.214. The van der Waals surface area contributed by atoms with Crippen LogP contribution in [-0.4, -0.2) is 11.5 Å². The Morgan fingerprint density at radius 1 is 1.28 bits per heavy atom. The maximum absolute atomic E-state index is 12.9. The van der Waals surface area contributed by atoms with Crippen molar-refractivity contribution in [3.05, 3.63) is 52.5 Å². The number of thioether (sulfide) groups is 1. The summed E-state index contributed by atoms with van der Waals surface area (Å²) in [5, 5.41) is 1.91. The number of benzene rings is 1. The molecule has 1 aromatic heterocycles. The fourth-order valence-corrected chi connectivity index (χ4v) is 3.13. The average molecular weight is 280 g/mol. The number of ketones is 1. The highest BCUT2D eigenvalue weighted by Crippen LogP contribution is 2.21. The Kier molecular flexibility index (Phi) is 4.96. The normalized spacial score (nSPS) is 10.5. The van der Waals surface area contributed by atoms with Crippen molar-refractivity contribution in [1.82, 2.24) is 0 Å². The first-order chi connectivity index (χ1) is 8.75. The second-order valence-electron chi connectivity index (χ2n) is 3.81. The second kappa shape index (κ2) is 6.71. The van der Waals surface area contributed by atoms with E-state index < -0.39 is 0 Å². The molecule has 94 valence electrons. The SMILES string of the molecule is O=C(CCCSc1cccc(F)c1)c1cccs1. The van der Waals surface area contributed by atoms with Crippen molar-refractivity contribution in [2.24, 2.45) is 0 Å². The molecule has 2 rings (SSSR count). The van der Waals surface area contributed by atoms with E-state index in [1.807, 2.05) is 23.6 Å². The van der Waals surface area contributed by atoms with E-state index >= 15 is 0 Å². The third-order valence-electron chi connectivity index (χ3n) is 2.41. The van der Waals surface area contributed by atoms with Crippen molar-refractivity contribution < 1.29 is 9.18 Å². The summed E-state index contributed by atoms with van der Waals surface area (Å²) in [5.74, 6) is 0.820. The van der Waals surface area contributed by atoms with Gasteiger partial charge < -0.3 is 0 Å². The molecule has 1 heterocycles. The maximum atomic E-state index is 12.9. The molecule has 4 heteroatoms. The predicted molar refractivity (Wildman–Crippen MR) is 75.0 cm³/mol. The van der Waals surface area contributed by atoms with Gasteiger partial charge in [-0.25, -0.2) is 4.39 Å². The molecule has 0 saturated heterocycles. The molecule has 0 saturated carbocycles. The molecule has 0 N–H and O–H groups in total. The molecule has 1 nitrogen and oxygen atoms in total. The summed E-state index contributed by atoms with van der Waals surface area (Å²) < 4.78 is 12.9. The van der Waals surface area contributed by atoms with Crippen molar-refractivity contribution in [2.45, 2.75) is 17.7 Å². The van der Waals surface area contributed by atoms with Crippen molar-refractivity contribution in [2.75, 3.05) is 5.75 Å². The van der Waals surface area contributed by atoms with Crippen molar-refractivity contribution in [3.63, 3.8) is 0 Å². The third kappa shape index (κ3) is 3.96. The summed E-state index contributed by atoms with van der Waals surface area (Å²) in [6, 6.07) is 10.3. The Balaban J connectivity index is 1.72. The highest BCUT2D eigenvalue weighted by molar-refractivity contribution is 7.99. The molecule has 0 unspecified atom stereocenters. The number of halogens is 1. The Morgan fingerprint density at radius 3 is 2.89 bits per heavy atom. The smallest absolute Gasteiger partial charge is 0.172 e. The lowest BCUT2D eigenvalue weighted by molar-refractivity contribution is 0.0986. The monoisotopic (exact) mass is 280 g/mol. The van der Waals surface area contributed by atoms with Gasteiger partial charge in [-0.2, -0.15) is 0 Å². The molecule has 1 aromatic carbocycles. The van der Waals surface area contributed by atoms with Gasteiger partial charge >= 0.3 is 0 Å². The quantitative estimate of drug-likeness (QED) is 0.435. The number of hydrogen-bond acceptors (Lipinski definition) is 3. The first kappa shape index (κ1) is 13.3. The van der Waals surface area contributed by atoms with Crippen molar-refractivity contribution in [3.8, 4) is 0 Å². The van der Waals surface area contributed by atoms with Crippen LogP contribution in [0.3, 0.4) is 0 Å². The molecular formula is C14H13FOS2. The molecule has 0 bridgehead atoms. The number of carbonyl (C=O) groups is 1. The van der Waals surface area contributed by atoms with Crippen LogP contribution in [0, 0.1) is 5.82 Å². The minimum absolute atomic E-state index is 0.199. The van der Waals surface area contributed by atoms with E-state index in [9.17, 15) is 9.18 Å². The number of rotatable bonds is 6. The topological polar surface area (TPSA) is 17.1 Å². The van der Waals surface area contributed by atoms with Gasteiger partial charge in [-0.05, 0) is 41.8 Å². The number of carbonyl (C=O) groups excluding carboxylic acids is 1. The lowest BCUT2D eigenvalue weighted by Gasteiger charge is -2.01. The summed E-state index contributed by atoms with van der Waals surface area (Å²) in [5.41, 5.74) is 0. The van der Waals surface area contributed by atoms with E-state index in [-0.39, 0.29) is 11.6 Å². The summed E-state index contributed by atoms with van der Waals surface area (Å²) in [7, 11) is 0. The van der Waals surface area contributed by atoms with E-state index in [0.29, 0.717) is 6.42 Å². The Hall–Kier alpha value is -1.13. The van der Waals surface area contributed by atoms with Gasteiger partial charge in [-0.3, -0.25) is 4.79 Å². The van der Waals surface area contributed by atoms with Crippen molar-refractivity contribution >= 4 is 28.9 Å². The van der Waals surface area contributed by atoms with E-state index in [1.54, 1.807) is 17.8 Å². The van der Waals surface area contributed by atoms with Crippen molar-refractivity contribution in [1.29, 1.82) is 0 Å². The molecule has 0 aliphatic carbocycles. The van der Waals surface area contributed by atoms with Crippen LogP contribution in [0.2, 0.25) is 0 Å². The molecule has 2 aromatic rings. The zero-order valence-corrected chi connectivity index (χ0v) is 11.4. The molecule has 18 heavy (non-hydrogen) atoms. The van der Waals surface area contributed by atoms with Gasteiger partial charge in [-0.1, -0.05) is 12.1 Å². The molecule has 0 amide bonds. The van der Waals surface area contributed by atoms with Gasteiger partial charge in [0, 0.05) is 11.3 Å². The predicted octanol–water partition coefficient (Wildman–Crippen LogP) is 4.64. The third-order valence-corrected chi connectivity index (χ3v) is 4.40. The van der Waals surface area contributed by atoms with Gasteiger partial charge in [0.05, 0.1) is 4.88 Å². The van der Waals surface area contributed by atoms with Crippen LogP contribution in [0.25, 0.3) is 0 Å². The minimum Gasteiger partial charge on any atom is -0.293 e. The van der Waals surface area contributed by atoms with Crippen LogP contribution in [-0.2, 0) is 0 Å². The molecule has 0 aliphatic rings. The van der Waals surface area contributed by atoms with Gasteiger partial charge in [0.25, 0.3) is 0 Å². The van der Waals surface area contributed by atoms with E-state index in [0.717, 1.165) is 21.9 Å². The number of hydrogen-bond donors (Lipinski definition) is 0. The lowest BCUT2D eigenvalue weighted by atomic mass is 10.2. The fourth-order valence-electron chi connectivity index (χ4n) is 1.54. The Bertz CT molecular complexity index is 508. The minimum atomic E-state index is -0.213. The molecule has 0 fully saturated rings. The maximum Gasteiger partial charge on any atom is 0.172 e. The number of thiophene rings is 1. The standard InChI is InChI=1S/C14H13FOS2/c15-11-4-1-5-12(10-11)17-8-2-6-13(16)14-7-3-9-18-14/h1,3-5,7,9-10H,2,6,8H2. The highest BCUT2D eigenvalue weighted by atomic mass is 32.2. The summed E-state index contributed by atoms with van der Waals surface area (Å²) in [6.07, 6.45) is 1.38. The largest absolute Gasteiger partial charge is 0.293 e.